The third kappa shape index (κ3) is 6.23. The Hall–Kier alpha value is -2.58. The first-order valence-electron chi connectivity index (χ1n) is 9.57. The van der Waals surface area contributed by atoms with Crippen LogP contribution in [0.4, 0.5) is 42.5 Å². The van der Waals surface area contributed by atoms with Crippen molar-refractivity contribution in [3.63, 3.8) is 0 Å². The number of benzene rings is 3. The van der Waals surface area contributed by atoms with Crippen molar-refractivity contribution < 1.29 is 8.37 Å². The van der Waals surface area contributed by atoms with Gasteiger partial charge in [0.15, 0.2) is 0 Å². The molecule has 0 aliphatic heterocycles. The quantitative estimate of drug-likeness (QED) is 0.293. The first kappa shape index (κ1) is 25.7. The van der Waals surface area contributed by atoms with Gasteiger partial charge in [-0.3, -0.25) is 0 Å². The summed E-state index contributed by atoms with van der Waals surface area (Å²) in [6.07, 6.45) is 0. The molecule has 0 aliphatic carbocycles. The first-order valence-corrected chi connectivity index (χ1v) is 11.2. The molecule has 3 aromatic carbocycles. The molecule has 164 valence electrons. The average molecular weight is 468 g/mol. The van der Waals surface area contributed by atoms with Crippen LogP contribution in [0.2, 0.25) is 0 Å². The Morgan fingerprint density at radius 3 is 1.09 bits per heavy atom. The summed E-state index contributed by atoms with van der Waals surface area (Å²) in [6.45, 7) is 9.40. The molecular weight excluding hydrogens is 444 g/mol. The van der Waals surface area contributed by atoms with Gasteiger partial charge in [-0.1, -0.05) is 0 Å². The maximum atomic E-state index is 13.3. The van der Waals surface area contributed by atoms with E-state index in [9.17, 15) is 8.37 Å². The van der Waals surface area contributed by atoms with Gasteiger partial charge in [0.2, 0.25) is 0 Å². The van der Waals surface area contributed by atoms with E-state index < -0.39 is 10.9 Å². The molecule has 0 amide bonds. The molecule has 0 aromatic heterocycles. The van der Waals surface area contributed by atoms with E-state index in [-0.39, 0.29) is 0 Å². The third-order valence-electron chi connectivity index (χ3n) is 5.08. The van der Waals surface area contributed by atoms with Crippen molar-refractivity contribution in [2.75, 3.05) is 47.4 Å². The molecule has 10 heteroatoms. The second-order valence-corrected chi connectivity index (χ2v) is 7.98. The van der Waals surface area contributed by atoms with Gasteiger partial charge in [-0.05, 0) is 24.3 Å². The fourth-order valence-electron chi connectivity index (χ4n) is 3.07. The summed E-state index contributed by atoms with van der Waals surface area (Å²) in [5, 5.41) is 0.589. The third-order valence-corrected chi connectivity index (χ3v) is 5.81. The van der Waals surface area contributed by atoms with Crippen molar-refractivity contribution in [2.45, 2.75) is 0 Å². The number of anilines is 6. The SMILES string of the molecule is [B]=S.[B]=S(F)N(C)c1ccc(N(C)c2ccc(N(C)c3ccc(N(C)F)cc3)cc2)cc1. The van der Waals surface area contributed by atoms with E-state index in [1.54, 1.807) is 19.2 Å². The van der Waals surface area contributed by atoms with Crippen LogP contribution in [0.3, 0.4) is 0 Å². The van der Waals surface area contributed by atoms with Gasteiger partial charge in [0.1, 0.15) is 0 Å². The van der Waals surface area contributed by atoms with Gasteiger partial charge < -0.3 is 0 Å². The fourth-order valence-corrected chi connectivity index (χ4v) is 3.39. The number of hydrogen-bond donors (Lipinski definition) is 0. The van der Waals surface area contributed by atoms with E-state index in [2.05, 4.69) is 23.7 Å². The average Bonchev–Trinajstić information content (AvgIpc) is 2.84. The topological polar surface area (TPSA) is 13.0 Å². The second kappa shape index (κ2) is 11.9. The van der Waals surface area contributed by atoms with Crippen LogP contribution in [0.15, 0.2) is 72.8 Å². The van der Waals surface area contributed by atoms with Gasteiger partial charge in [0, 0.05) is 19.8 Å². The Morgan fingerprint density at radius 2 is 0.844 bits per heavy atom. The summed E-state index contributed by atoms with van der Waals surface area (Å²) in [4.78, 5) is 4.09. The molecule has 0 saturated heterocycles. The summed E-state index contributed by atoms with van der Waals surface area (Å²) in [5.41, 5.74) is 5.22. The Labute approximate surface area is 198 Å². The van der Waals surface area contributed by atoms with E-state index >= 15 is 0 Å². The van der Waals surface area contributed by atoms with E-state index in [1.165, 1.54) is 11.4 Å². The van der Waals surface area contributed by atoms with Crippen LogP contribution in [0.1, 0.15) is 0 Å². The minimum absolute atomic E-state index is 0.510. The molecule has 0 fully saturated rings. The van der Waals surface area contributed by atoms with Gasteiger partial charge in [-0.2, -0.15) is 0 Å². The van der Waals surface area contributed by atoms with Crippen molar-refractivity contribution >= 4 is 70.5 Å². The number of rotatable bonds is 7. The predicted molar refractivity (Wildman–Crippen MR) is 141 cm³/mol. The van der Waals surface area contributed by atoms with E-state index in [0.717, 1.165) is 28.4 Å². The summed E-state index contributed by atoms with van der Waals surface area (Å²) in [7, 11) is 5.15. The zero-order chi connectivity index (χ0) is 23.8. The molecule has 3 rings (SSSR count). The molecule has 32 heavy (non-hydrogen) atoms. The Morgan fingerprint density at radius 1 is 0.594 bits per heavy atom. The van der Waals surface area contributed by atoms with Crippen molar-refractivity contribution in [1.82, 2.24) is 0 Å². The molecule has 0 spiro atoms. The second-order valence-electron chi connectivity index (χ2n) is 6.91. The molecule has 0 heterocycles. The molecule has 0 bridgehead atoms. The van der Waals surface area contributed by atoms with Gasteiger partial charge >= 0.3 is 140 Å². The van der Waals surface area contributed by atoms with Gasteiger partial charge in [0.25, 0.3) is 0 Å². The Kier molecular flexibility index (Phi) is 9.53. The molecular formula is C22H24B2F2N4S2. The van der Waals surface area contributed by atoms with Crippen molar-refractivity contribution in [3.05, 3.63) is 72.8 Å². The zero-order valence-electron chi connectivity index (χ0n) is 18.4. The summed E-state index contributed by atoms with van der Waals surface area (Å²) in [6, 6.07) is 22.9. The van der Waals surface area contributed by atoms with Crippen LogP contribution < -0.4 is 19.2 Å². The summed E-state index contributed by atoms with van der Waals surface area (Å²) >= 11 is 3.58. The van der Waals surface area contributed by atoms with Crippen LogP contribution in [-0.2, 0) is 0 Å². The molecule has 4 nitrogen and oxygen atoms in total. The van der Waals surface area contributed by atoms with Crippen LogP contribution >= 0.6 is 22.9 Å². The predicted octanol–water partition coefficient (Wildman–Crippen LogP) is 6.40. The number of hydrogen-bond acceptors (Lipinski definition) is 5. The van der Waals surface area contributed by atoms with E-state index in [0.29, 0.717) is 10.8 Å². The van der Waals surface area contributed by atoms with Crippen LogP contribution in [0.5, 0.6) is 0 Å². The first-order chi connectivity index (χ1) is 15.3. The van der Waals surface area contributed by atoms with Crippen molar-refractivity contribution in [2.24, 2.45) is 0 Å². The van der Waals surface area contributed by atoms with Crippen molar-refractivity contribution in [3.8, 4) is 0 Å². The zero-order valence-corrected chi connectivity index (χ0v) is 20.1. The van der Waals surface area contributed by atoms with E-state index in [1.807, 2.05) is 79.7 Å². The Balaban J connectivity index is 0.00000176. The van der Waals surface area contributed by atoms with E-state index in [4.69, 9.17) is 6.72 Å². The fraction of sp³-hybridized carbons (Fsp3) is 0.182. The monoisotopic (exact) mass is 468 g/mol. The standard InChI is InChI=1S/C22H24BF2N4S.BS/c1-26(19-9-13-21(14-10-19)28(3)24)17-5-7-18(8-6-17)27(2)20-11-15-22(16-12-20)29(4)30(23)25;1-2/h5-16H,1-4H3;. The molecule has 0 aliphatic rings. The normalized spacial score (nSPS) is 11.0. The van der Waals surface area contributed by atoms with Crippen LogP contribution in [0.25, 0.3) is 0 Å². The molecule has 1 atom stereocenters. The van der Waals surface area contributed by atoms with Crippen LogP contribution in [-0.4, -0.2) is 41.6 Å². The molecule has 0 saturated carbocycles. The Bertz CT molecular complexity index is 1020. The molecule has 0 N–H and O–H groups in total. The molecule has 2 radical (unpaired) electrons. The minimum atomic E-state index is -1.80. The van der Waals surface area contributed by atoms with Gasteiger partial charge in [-0.15, -0.1) is 4.48 Å². The summed E-state index contributed by atoms with van der Waals surface area (Å²) in [5.74, 6) is 0. The molecule has 3 aromatic rings. The maximum absolute atomic E-state index is 13.3. The summed E-state index contributed by atoms with van der Waals surface area (Å²) < 4.78 is 27.9. The molecule has 1 unspecified atom stereocenters. The van der Waals surface area contributed by atoms with Crippen LogP contribution in [0, 0.1) is 0 Å². The van der Waals surface area contributed by atoms with Gasteiger partial charge in [-0.25, -0.2) is 5.12 Å². The van der Waals surface area contributed by atoms with Gasteiger partial charge in [0.05, 0.1) is 5.69 Å². The van der Waals surface area contributed by atoms with Crippen molar-refractivity contribution in [1.29, 1.82) is 0 Å². The number of nitrogens with zero attached hydrogens (tertiary/aromatic N) is 4. The number of halogens is 2.